The molecule has 1 unspecified atom stereocenters. The molecule has 1 atom stereocenters. The van der Waals surface area contributed by atoms with E-state index in [1.54, 1.807) is 0 Å². The Balaban J connectivity index is 2.93. The lowest BCUT2D eigenvalue weighted by atomic mass is 10.0. The lowest BCUT2D eigenvalue weighted by molar-refractivity contribution is 0.595. The van der Waals surface area contributed by atoms with Gasteiger partial charge in [-0.3, -0.25) is 0 Å². The number of rotatable bonds is 3. The fourth-order valence-electron chi connectivity index (χ4n) is 1.51. The summed E-state index contributed by atoms with van der Waals surface area (Å²) in [5.74, 6) is 0. The van der Waals surface area contributed by atoms with E-state index < -0.39 is 0 Å². The van der Waals surface area contributed by atoms with Gasteiger partial charge in [0.05, 0.1) is 0 Å². The monoisotopic (exact) mass is 241 g/mol. The summed E-state index contributed by atoms with van der Waals surface area (Å²) in [4.78, 5) is 0. The second-order valence-electron chi connectivity index (χ2n) is 3.23. The molecule has 13 heavy (non-hydrogen) atoms. The molecule has 72 valence electrons. The number of benzene rings is 1. The molecule has 0 saturated heterocycles. The van der Waals surface area contributed by atoms with Crippen molar-refractivity contribution >= 4 is 15.9 Å². The largest absolute Gasteiger partial charge is 0.310 e. The van der Waals surface area contributed by atoms with Crippen LogP contribution in [0.3, 0.4) is 0 Å². The molecule has 0 aliphatic carbocycles. The molecular weight excluding hydrogens is 226 g/mol. The average molecular weight is 242 g/mol. The Hall–Kier alpha value is -0.340. The van der Waals surface area contributed by atoms with Gasteiger partial charge in [-0.05, 0) is 37.6 Å². The van der Waals surface area contributed by atoms with E-state index in [9.17, 15) is 0 Å². The maximum atomic E-state index is 3.54. The van der Waals surface area contributed by atoms with Gasteiger partial charge in [0.25, 0.3) is 0 Å². The number of nitrogens with one attached hydrogen (secondary N) is 1. The molecule has 0 amide bonds. The molecule has 1 aromatic rings. The Morgan fingerprint density at radius 2 is 2.15 bits per heavy atom. The molecule has 0 radical (unpaired) electrons. The highest BCUT2D eigenvalue weighted by Gasteiger charge is 2.07. The van der Waals surface area contributed by atoms with E-state index in [0.29, 0.717) is 6.04 Å². The van der Waals surface area contributed by atoms with Crippen LogP contribution in [0.5, 0.6) is 0 Å². The van der Waals surface area contributed by atoms with Crippen molar-refractivity contribution < 1.29 is 0 Å². The minimum Gasteiger partial charge on any atom is -0.310 e. The first-order valence-corrected chi connectivity index (χ1v) is 5.44. The summed E-state index contributed by atoms with van der Waals surface area (Å²) in [6.07, 6.45) is 0. The minimum atomic E-state index is 0.433. The summed E-state index contributed by atoms with van der Waals surface area (Å²) in [6.45, 7) is 7.47. The molecule has 0 aromatic heterocycles. The summed E-state index contributed by atoms with van der Waals surface area (Å²) >= 11 is 3.54. The van der Waals surface area contributed by atoms with Crippen LogP contribution in [0.25, 0.3) is 0 Å². The lowest BCUT2D eigenvalue weighted by Gasteiger charge is -2.16. The van der Waals surface area contributed by atoms with Gasteiger partial charge in [0.15, 0.2) is 0 Å². The van der Waals surface area contributed by atoms with Crippen LogP contribution in [0, 0.1) is 6.92 Å². The van der Waals surface area contributed by atoms with E-state index >= 15 is 0 Å². The van der Waals surface area contributed by atoms with Crippen LogP contribution in [0.4, 0.5) is 0 Å². The molecular formula is C11H16BrN. The molecule has 1 nitrogen and oxygen atoms in total. The number of halogens is 1. The summed E-state index contributed by atoms with van der Waals surface area (Å²) in [5, 5.41) is 3.41. The molecule has 1 N–H and O–H groups in total. The van der Waals surface area contributed by atoms with Crippen molar-refractivity contribution in [3.63, 3.8) is 0 Å². The first-order valence-electron chi connectivity index (χ1n) is 4.65. The number of hydrogen-bond donors (Lipinski definition) is 1. The zero-order valence-electron chi connectivity index (χ0n) is 8.39. The van der Waals surface area contributed by atoms with Gasteiger partial charge in [-0.25, -0.2) is 0 Å². The Kier molecular flexibility index (Phi) is 3.94. The summed E-state index contributed by atoms with van der Waals surface area (Å²) < 4.78 is 1.19. The molecule has 0 bridgehead atoms. The minimum absolute atomic E-state index is 0.433. The maximum Gasteiger partial charge on any atom is 0.0294 e. The van der Waals surface area contributed by atoms with Crippen molar-refractivity contribution in [1.29, 1.82) is 0 Å². The number of hydrogen-bond acceptors (Lipinski definition) is 1. The molecule has 0 fully saturated rings. The van der Waals surface area contributed by atoms with Crippen molar-refractivity contribution in [3.05, 3.63) is 33.8 Å². The lowest BCUT2D eigenvalue weighted by Crippen LogP contribution is -2.18. The topological polar surface area (TPSA) is 12.0 Å². The van der Waals surface area contributed by atoms with E-state index in [-0.39, 0.29) is 0 Å². The first kappa shape index (κ1) is 10.7. The summed E-state index contributed by atoms with van der Waals surface area (Å²) in [5.41, 5.74) is 2.70. The predicted molar refractivity (Wildman–Crippen MR) is 61.0 cm³/mol. The Morgan fingerprint density at radius 1 is 1.46 bits per heavy atom. The fourth-order valence-corrected chi connectivity index (χ4v) is 1.89. The molecule has 1 aromatic carbocycles. The van der Waals surface area contributed by atoms with Gasteiger partial charge < -0.3 is 5.32 Å². The average Bonchev–Trinajstić information content (AvgIpc) is 2.10. The quantitative estimate of drug-likeness (QED) is 0.856. The van der Waals surface area contributed by atoms with Gasteiger partial charge in [0, 0.05) is 10.5 Å². The smallest absolute Gasteiger partial charge is 0.0294 e. The zero-order chi connectivity index (χ0) is 9.84. The van der Waals surface area contributed by atoms with Crippen LogP contribution in [0.2, 0.25) is 0 Å². The van der Waals surface area contributed by atoms with Crippen LogP contribution < -0.4 is 5.32 Å². The Morgan fingerprint density at radius 3 is 2.77 bits per heavy atom. The van der Waals surface area contributed by atoms with Gasteiger partial charge >= 0.3 is 0 Å². The SMILES string of the molecule is CCNC(C)c1cccc(Br)c1C. The molecule has 0 aliphatic rings. The Labute approximate surface area is 88.7 Å². The van der Waals surface area contributed by atoms with Crippen LogP contribution >= 0.6 is 15.9 Å². The van der Waals surface area contributed by atoms with Crippen molar-refractivity contribution in [2.24, 2.45) is 0 Å². The fraction of sp³-hybridized carbons (Fsp3) is 0.455. The van der Waals surface area contributed by atoms with E-state index in [2.05, 4.69) is 60.2 Å². The van der Waals surface area contributed by atoms with Gasteiger partial charge in [-0.2, -0.15) is 0 Å². The summed E-state index contributed by atoms with van der Waals surface area (Å²) in [7, 11) is 0. The van der Waals surface area contributed by atoms with E-state index in [0.717, 1.165) is 6.54 Å². The van der Waals surface area contributed by atoms with Gasteiger partial charge in [0.1, 0.15) is 0 Å². The van der Waals surface area contributed by atoms with E-state index in [1.807, 2.05) is 0 Å². The van der Waals surface area contributed by atoms with Crippen molar-refractivity contribution in [1.82, 2.24) is 5.32 Å². The van der Waals surface area contributed by atoms with Crippen LogP contribution in [0.1, 0.15) is 31.0 Å². The maximum absolute atomic E-state index is 3.54. The molecule has 0 spiro atoms. The highest BCUT2D eigenvalue weighted by Crippen LogP contribution is 2.24. The second-order valence-corrected chi connectivity index (χ2v) is 4.09. The predicted octanol–water partition coefficient (Wildman–Crippen LogP) is 3.43. The van der Waals surface area contributed by atoms with E-state index in [1.165, 1.54) is 15.6 Å². The molecule has 2 heteroatoms. The summed E-state index contributed by atoms with van der Waals surface area (Å²) in [6, 6.07) is 6.77. The normalized spacial score (nSPS) is 12.9. The molecule has 1 rings (SSSR count). The van der Waals surface area contributed by atoms with Crippen molar-refractivity contribution in [3.8, 4) is 0 Å². The van der Waals surface area contributed by atoms with Gasteiger partial charge in [0.2, 0.25) is 0 Å². The zero-order valence-corrected chi connectivity index (χ0v) is 9.98. The first-order chi connectivity index (χ1) is 6.16. The second kappa shape index (κ2) is 4.77. The third-order valence-corrected chi connectivity index (χ3v) is 3.15. The highest BCUT2D eigenvalue weighted by molar-refractivity contribution is 9.10. The molecule has 0 saturated carbocycles. The van der Waals surface area contributed by atoms with Crippen molar-refractivity contribution in [2.75, 3.05) is 6.54 Å². The van der Waals surface area contributed by atoms with Gasteiger partial charge in [-0.1, -0.05) is 35.0 Å². The molecule has 0 heterocycles. The van der Waals surface area contributed by atoms with Crippen LogP contribution in [-0.2, 0) is 0 Å². The third kappa shape index (κ3) is 2.55. The molecule has 0 aliphatic heterocycles. The van der Waals surface area contributed by atoms with Crippen LogP contribution in [-0.4, -0.2) is 6.54 Å². The van der Waals surface area contributed by atoms with Gasteiger partial charge in [-0.15, -0.1) is 0 Å². The standard InChI is InChI=1S/C11H16BrN/c1-4-13-9(3)10-6-5-7-11(12)8(10)2/h5-7,9,13H,4H2,1-3H3. The van der Waals surface area contributed by atoms with Crippen LogP contribution in [0.15, 0.2) is 22.7 Å². The Bertz CT molecular complexity index is 283. The van der Waals surface area contributed by atoms with E-state index in [4.69, 9.17) is 0 Å². The highest BCUT2D eigenvalue weighted by atomic mass is 79.9. The third-order valence-electron chi connectivity index (χ3n) is 2.29. The van der Waals surface area contributed by atoms with Crippen molar-refractivity contribution in [2.45, 2.75) is 26.8 Å².